The summed E-state index contributed by atoms with van der Waals surface area (Å²) >= 11 is 6.33. The summed E-state index contributed by atoms with van der Waals surface area (Å²) in [5.41, 5.74) is 0.640. The number of piperidine rings is 1. The molecule has 0 bridgehead atoms. The molecule has 0 aromatic heterocycles. The topological polar surface area (TPSA) is 35.5 Å². The van der Waals surface area contributed by atoms with Crippen molar-refractivity contribution in [3.05, 3.63) is 34.9 Å². The fourth-order valence-corrected chi connectivity index (χ4v) is 3.46. The molecule has 0 spiro atoms. The summed E-state index contributed by atoms with van der Waals surface area (Å²) in [5, 5.41) is 14.6. The molecule has 3 nitrogen and oxygen atoms in total. The Morgan fingerprint density at radius 2 is 2.19 bits per heavy atom. The fraction of sp³-hybridized carbons (Fsp3) is 0.647. The molecule has 21 heavy (non-hydrogen) atoms. The number of nitrogens with zero attached hydrogens (tertiary/aromatic N) is 1. The molecule has 1 aliphatic rings. The van der Waals surface area contributed by atoms with Crippen molar-refractivity contribution in [1.82, 2.24) is 10.2 Å². The van der Waals surface area contributed by atoms with Crippen molar-refractivity contribution in [1.29, 1.82) is 0 Å². The van der Waals surface area contributed by atoms with Crippen molar-refractivity contribution in [2.24, 2.45) is 0 Å². The first-order valence-electron chi connectivity index (χ1n) is 7.94. The third-order valence-corrected chi connectivity index (χ3v) is 4.56. The highest BCUT2D eigenvalue weighted by molar-refractivity contribution is 6.31. The molecule has 2 rings (SSSR count). The van der Waals surface area contributed by atoms with Gasteiger partial charge in [0.05, 0.1) is 5.60 Å². The van der Waals surface area contributed by atoms with E-state index in [1.165, 1.54) is 5.56 Å². The number of β-amino-alcohol motifs (C(OH)–C–C–N with tert-alkyl or cyclic N) is 1. The second-order valence-electron chi connectivity index (χ2n) is 6.30. The average molecular weight is 311 g/mol. The maximum absolute atomic E-state index is 10.2. The van der Waals surface area contributed by atoms with E-state index in [4.69, 9.17) is 11.6 Å². The number of hydrogen-bond acceptors (Lipinski definition) is 3. The molecule has 0 aliphatic carbocycles. The minimum atomic E-state index is -0.531. The Kier molecular flexibility index (Phi) is 6.06. The number of aliphatic hydroxyl groups is 1. The standard InChI is InChI=1S/C17H27ClN2O/c1-3-19-16(14-7-4-5-8-15(14)18)9-12-20-11-6-10-17(2,21)13-20/h4-5,7-8,16,19,21H,3,6,9-13H2,1-2H3. The van der Waals surface area contributed by atoms with Gasteiger partial charge in [0, 0.05) is 24.2 Å². The molecule has 2 N–H and O–H groups in total. The minimum absolute atomic E-state index is 0.274. The van der Waals surface area contributed by atoms with Gasteiger partial charge in [-0.2, -0.15) is 0 Å². The van der Waals surface area contributed by atoms with E-state index in [1.807, 2.05) is 25.1 Å². The van der Waals surface area contributed by atoms with Gasteiger partial charge in [0.15, 0.2) is 0 Å². The minimum Gasteiger partial charge on any atom is -0.389 e. The van der Waals surface area contributed by atoms with E-state index in [1.54, 1.807) is 0 Å². The van der Waals surface area contributed by atoms with Crippen molar-refractivity contribution in [3.8, 4) is 0 Å². The van der Waals surface area contributed by atoms with E-state index in [9.17, 15) is 5.11 Å². The Labute approximate surface area is 133 Å². The molecule has 1 saturated heterocycles. The summed E-state index contributed by atoms with van der Waals surface area (Å²) in [6, 6.07) is 8.33. The van der Waals surface area contributed by atoms with Crippen molar-refractivity contribution in [2.75, 3.05) is 26.2 Å². The Bertz CT molecular complexity index is 450. The van der Waals surface area contributed by atoms with E-state index in [0.717, 1.165) is 50.5 Å². The quantitative estimate of drug-likeness (QED) is 0.847. The number of likely N-dealkylation sites (tertiary alicyclic amines) is 1. The largest absolute Gasteiger partial charge is 0.389 e. The van der Waals surface area contributed by atoms with Crippen LogP contribution in [0.5, 0.6) is 0 Å². The lowest BCUT2D eigenvalue weighted by atomic mass is 9.94. The number of rotatable bonds is 6. The zero-order valence-electron chi connectivity index (χ0n) is 13.1. The van der Waals surface area contributed by atoms with Gasteiger partial charge in [0.1, 0.15) is 0 Å². The maximum atomic E-state index is 10.2. The summed E-state index contributed by atoms with van der Waals surface area (Å²) in [6.45, 7) is 7.82. The molecule has 0 saturated carbocycles. The van der Waals surface area contributed by atoms with Gasteiger partial charge in [-0.1, -0.05) is 36.7 Å². The summed E-state index contributed by atoms with van der Waals surface area (Å²) in [4.78, 5) is 2.37. The van der Waals surface area contributed by atoms with Crippen LogP contribution in [0.25, 0.3) is 0 Å². The maximum Gasteiger partial charge on any atom is 0.0746 e. The molecular weight excluding hydrogens is 284 g/mol. The van der Waals surface area contributed by atoms with Crippen molar-refractivity contribution in [2.45, 2.75) is 44.8 Å². The zero-order chi connectivity index (χ0) is 15.3. The first kappa shape index (κ1) is 16.8. The van der Waals surface area contributed by atoms with E-state index in [0.29, 0.717) is 0 Å². The smallest absolute Gasteiger partial charge is 0.0746 e. The van der Waals surface area contributed by atoms with Gasteiger partial charge in [-0.25, -0.2) is 0 Å². The normalized spacial score (nSPS) is 25.0. The number of halogens is 1. The summed E-state index contributed by atoms with van der Waals surface area (Å²) in [5.74, 6) is 0. The van der Waals surface area contributed by atoms with Crippen LogP contribution in [0.3, 0.4) is 0 Å². The Morgan fingerprint density at radius 1 is 1.43 bits per heavy atom. The molecule has 2 unspecified atom stereocenters. The van der Waals surface area contributed by atoms with Gasteiger partial charge >= 0.3 is 0 Å². The highest BCUT2D eigenvalue weighted by Gasteiger charge is 2.28. The SMILES string of the molecule is CCNC(CCN1CCCC(C)(O)C1)c1ccccc1Cl. The lowest BCUT2D eigenvalue weighted by molar-refractivity contribution is -0.0163. The second-order valence-corrected chi connectivity index (χ2v) is 6.70. The van der Waals surface area contributed by atoms with Crippen LogP contribution in [0.1, 0.15) is 44.7 Å². The monoisotopic (exact) mass is 310 g/mol. The molecule has 0 radical (unpaired) electrons. The number of benzene rings is 1. The third-order valence-electron chi connectivity index (χ3n) is 4.22. The van der Waals surface area contributed by atoms with Crippen LogP contribution in [-0.2, 0) is 0 Å². The molecule has 1 aromatic rings. The third kappa shape index (κ3) is 4.96. The molecule has 118 valence electrons. The number of hydrogen-bond donors (Lipinski definition) is 2. The van der Waals surface area contributed by atoms with Crippen LogP contribution in [0, 0.1) is 0 Å². The van der Waals surface area contributed by atoms with Crippen LogP contribution in [0.4, 0.5) is 0 Å². The van der Waals surface area contributed by atoms with Crippen LogP contribution in [0.2, 0.25) is 5.02 Å². The zero-order valence-corrected chi connectivity index (χ0v) is 13.9. The molecule has 4 heteroatoms. The molecule has 1 fully saturated rings. The van der Waals surface area contributed by atoms with E-state index in [-0.39, 0.29) is 6.04 Å². The van der Waals surface area contributed by atoms with Crippen LogP contribution in [0.15, 0.2) is 24.3 Å². The van der Waals surface area contributed by atoms with Crippen LogP contribution < -0.4 is 5.32 Å². The van der Waals surface area contributed by atoms with Crippen molar-refractivity contribution < 1.29 is 5.11 Å². The van der Waals surface area contributed by atoms with Crippen LogP contribution in [-0.4, -0.2) is 41.8 Å². The van der Waals surface area contributed by atoms with Gasteiger partial charge in [-0.05, 0) is 50.9 Å². The predicted molar refractivity (Wildman–Crippen MR) is 88.8 cm³/mol. The molecule has 2 atom stereocenters. The first-order valence-corrected chi connectivity index (χ1v) is 8.32. The average Bonchev–Trinajstić information content (AvgIpc) is 2.43. The van der Waals surface area contributed by atoms with Crippen LogP contribution >= 0.6 is 11.6 Å². The molecule has 1 aromatic carbocycles. The van der Waals surface area contributed by atoms with Gasteiger partial charge in [-0.3, -0.25) is 0 Å². The summed E-state index contributed by atoms with van der Waals surface area (Å²) in [7, 11) is 0. The molecular formula is C17H27ClN2O. The van der Waals surface area contributed by atoms with E-state index >= 15 is 0 Å². The molecule has 0 amide bonds. The molecule has 1 aliphatic heterocycles. The molecule has 1 heterocycles. The Hall–Kier alpha value is -0.610. The van der Waals surface area contributed by atoms with E-state index in [2.05, 4.69) is 23.2 Å². The van der Waals surface area contributed by atoms with Gasteiger partial charge in [0.25, 0.3) is 0 Å². The Balaban J connectivity index is 1.96. The van der Waals surface area contributed by atoms with Gasteiger partial charge in [0.2, 0.25) is 0 Å². The lowest BCUT2D eigenvalue weighted by Crippen LogP contribution is -2.46. The fourth-order valence-electron chi connectivity index (χ4n) is 3.20. The van der Waals surface area contributed by atoms with Crippen molar-refractivity contribution >= 4 is 11.6 Å². The van der Waals surface area contributed by atoms with Crippen molar-refractivity contribution in [3.63, 3.8) is 0 Å². The highest BCUT2D eigenvalue weighted by atomic mass is 35.5. The first-order chi connectivity index (χ1) is 10.0. The summed E-state index contributed by atoms with van der Waals surface area (Å²) in [6.07, 6.45) is 2.99. The Morgan fingerprint density at radius 3 is 2.86 bits per heavy atom. The predicted octanol–water partition coefficient (Wildman–Crippen LogP) is 3.23. The summed E-state index contributed by atoms with van der Waals surface area (Å²) < 4.78 is 0. The second kappa shape index (κ2) is 7.59. The van der Waals surface area contributed by atoms with Gasteiger partial charge < -0.3 is 15.3 Å². The number of nitrogens with one attached hydrogen (secondary N) is 1. The van der Waals surface area contributed by atoms with Gasteiger partial charge in [-0.15, -0.1) is 0 Å². The highest BCUT2D eigenvalue weighted by Crippen LogP contribution is 2.26. The lowest BCUT2D eigenvalue weighted by Gasteiger charge is -2.37. The van der Waals surface area contributed by atoms with E-state index < -0.39 is 5.60 Å².